The molecule has 4 heteroatoms. The summed E-state index contributed by atoms with van der Waals surface area (Å²) in [5, 5.41) is 3.83. The Kier molecular flexibility index (Phi) is 1.88. The lowest BCUT2D eigenvalue weighted by Gasteiger charge is -1.91. The van der Waals surface area contributed by atoms with Crippen LogP contribution in [0.25, 0.3) is 11.7 Å². The van der Waals surface area contributed by atoms with Gasteiger partial charge in [-0.2, -0.15) is 4.98 Å². The Labute approximate surface area is 75.6 Å². The summed E-state index contributed by atoms with van der Waals surface area (Å²) in [6.45, 7) is 4.02. The maximum absolute atomic E-state index is 5.12. The van der Waals surface area contributed by atoms with Crippen molar-refractivity contribution in [1.82, 2.24) is 10.1 Å². The standard InChI is InChI=1S/C9H10N2O2/c1-6(2)8-10-9(13-11-8)7-4-3-5-12-7/h3-6H,1-2H3. The van der Waals surface area contributed by atoms with Crippen molar-refractivity contribution >= 4 is 0 Å². The maximum atomic E-state index is 5.12. The highest BCUT2D eigenvalue weighted by molar-refractivity contribution is 5.42. The molecular weight excluding hydrogens is 168 g/mol. The van der Waals surface area contributed by atoms with Crippen molar-refractivity contribution in [2.24, 2.45) is 0 Å². The van der Waals surface area contributed by atoms with Crippen molar-refractivity contribution in [3.05, 3.63) is 24.2 Å². The minimum absolute atomic E-state index is 0.271. The van der Waals surface area contributed by atoms with E-state index in [-0.39, 0.29) is 5.92 Å². The number of rotatable bonds is 2. The molecule has 2 aromatic rings. The molecule has 0 amide bonds. The summed E-state index contributed by atoms with van der Waals surface area (Å²) in [4.78, 5) is 4.18. The SMILES string of the molecule is CC(C)c1noc(-c2ccco2)n1. The third-order valence-corrected chi connectivity index (χ3v) is 1.69. The summed E-state index contributed by atoms with van der Waals surface area (Å²) in [5.74, 6) is 2.02. The molecule has 68 valence electrons. The van der Waals surface area contributed by atoms with Crippen LogP contribution in [0.5, 0.6) is 0 Å². The number of aromatic nitrogens is 2. The largest absolute Gasteiger partial charge is 0.459 e. The van der Waals surface area contributed by atoms with Gasteiger partial charge in [-0.1, -0.05) is 19.0 Å². The van der Waals surface area contributed by atoms with E-state index in [0.717, 1.165) is 0 Å². The summed E-state index contributed by atoms with van der Waals surface area (Å²) in [6.07, 6.45) is 1.58. The number of nitrogens with zero attached hydrogens (tertiary/aromatic N) is 2. The zero-order valence-corrected chi connectivity index (χ0v) is 7.52. The average molecular weight is 178 g/mol. The summed E-state index contributed by atoms with van der Waals surface area (Å²) in [7, 11) is 0. The van der Waals surface area contributed by atoms with Crippen molar-refractivity contribution in [3.63, 3.8) is 0 Å². The Morgan fingerprint density at radius 1 is 1.38 bits per heavy atom. The molecule has 4 nitrogen and oxygen atoms in total. The molecule has 0 spiro atoms. The Morgan fingerprint density at radius 3 is 2.77 bits per heavy atom. The van der Waals surface area contributed by atoms with Crippen LogP contribution in [-0.4, -0.2) is 10.1 Å². The average Bonchev–Trinajstić information content (AvgIpc) is 2.75. The Morgan fingerprint density at radius 2 is 2.23 bits per heavy atom. The molecule has 2 heterocycles. The molecule has 2 rings (SSSR count). The lowest BCUT2D eigenvalue weighted by atomic mass is 10.2. The number of furan rings is 1. The molecule has 0 unspecified atom stereocenters. The first kappa shape index (κ1) is 8.04. The van der Waals surface area contributed by atoms with Crippen LogP contribution in [0.3, 0.4) is 0 Å². The van der Waals surface area contributed by atoms with Crippen LogP contribution in [-0.2, 0) is 0 Å². The van der Waals surface area contributed by atoms with Crippen LogP contribution in [0.15, 0.2) is 27.3 Å². The highest BCUT2D eigenvalue weighted by Gasteiger charge is 2.12. The van der Waals surface area contributed by atoms with Gasteiger partial charge < -0.3 is 8.94 Å². The molecule has 13 heavy (non-hydrogen) atoms. The van der Waals surface area contributed by atoms with Crippen LogP contribution < -0.4 is 0 Å². The molecular formula is C9H10N2O2. The molecule has 2 aromatic heterocycles. The predicted octanol–water partition coefficient (Wildman–Crippen LogP) is 2.45. The fourth-order valence-electron chi connectivity index (χ4n) is 0.970. The zero-order chi connectivity index (χ0) is 9.26. The lowest BCUT2D eigenvalue weighted by molar-refractivity contribution is 0.406. The molecule has 0 aliphatic carbocycles. The fourth-order valence-corrected chi connectivity index (χ4v) is 0.970. The van der Waals surface area contributed by atoms with E-state index in [4.69, 9.17) is 8.94 Å². The number of hydrogen-bond acceptors (Lipinski definition) is 4. The van der Waals surface area contributed by atoms with Crippen molar-refractivity contribution < 1.29 is 8.94 Å². The van der Waals surface area contributed by atoms with Gasteiger partial charge in [-0.3, -0.25) is 0 Å². The first-order valence-corrected chi connectivity index (χ1v) is 4.15. The molecule has 0 N–H and O–H groups in total. The van der Waals surface area contributed by atoms with Crippen molar-refractivity contribution in [3.8, 4) is 11.7 Å². The second-order valence-corrected chi connectivity index (χ2v) is 3.09. The molecule has 0 atom stereocenters. The van der Waals surface area contributed by atoms with Gasteiger partial charge in [0.15, 0.2) is 11.6 Å². The first-order valence-electron chi connectivity index (χ1n) is 4.15. The number of hydrogen-bond donors (Lipinski definition) is 0. The quantitative estimate of drug-likeness (QED) is 0.708. The van der Waals surface area contributed by atoms with Crippen molar-refractivity contribution in [2.75, 3.05) is 0 Å². The van der Waals surface area contributed by atoms with Gasteiger partial charge in [0.05, 0.1) is 6.26 Å². The van der Waals surface area contributed by atoms with E-state index in [1.54, 1.807) is 18.4 Å². The molecule has 0 saturated carbocycles. The van der Waals surface area contributed by atoms with Crippen LogP contribution in [0.4, 0.5) is 0 Å². The molecule has 0 saturated heterocycles. The summed E-state index contributed by atoms with van der Waals surface area (Å²) < 4.78 is 10.1. The maximum Gasteiger partial charge on any atom is 0.293 e. The van der Waals surface area contributed by atoms with Gasteiger partial charge in [-0.25, -0.2) is 0 Å². The van der Waals surface area contributed by atoms with Crippen molar-refractivity contribution in [1.29, 1.82) is 0 Å². The summed E-state index contributed by atoms with van der Waals surface area (Å²) in [5.41, 5.74) is 0. The van der Waals surface area contributed by atoms with E-state index in [9.17, 15) is 0 Å². The van der Waals surface area contributed by atoms with Gasteiger partial charge >= 0.3 is 0 Å². The molecule has 0 aliphatic rings. The van der Waals surface area contributed by atoms with E-state index >= 15 is 0 Å². The minimum Gasteiger partial charge on any atom is -0.459 e. The van der Waals surface area contributed by atoms with Gasteiger partial charge in [-0.15, -0.1) is 0 Å². The van der Waals surface area contributed by atoms with Gasteiger partial charge in [0.1, 0.15) is 0 Å². The van der Waals surface area contributed by atoms with Gasteiger partial charge in [0, 0.05) is 5.92 Å². The Bertz CT molecular complexity index is 376. The van der Waals surface area contributed by atoms with E-state index in [0.29, 0.717) is 17.5 Å². The third-order valence-electron chi connectivity index (χ3n) is 1.69. The highest BCUT2D eigenvalue weighted by atomic mass is 16.5. The fraction of sp³-hybridized carbons (Fsp3) is 0.333. The van der Waals surface area contributed by atoms with Gasteiger partial charge in [0.25, 0.3) is 5.89 Å². The van der Waals surface area contributed by atoms with Crippen LogP contribution >= 0.6 is 0 Å². The Balaban J connectivity index is 2.33. The highest BCUT2D eigenvalue weighted by Crippen LogP contribution is 2.19. The molecule has 0 fully saturated rings. The summed E-state index contributed by atoms with van der Waals surface area (Å²) >= 11 is 0. The molecule has 0 bridgehead atoms. The second kappa shape index (κ2) is 3.05. The van der Waals surface area contributed by atoms with E-state index in [1.807, 2.05) is 13.8 Å². The molecule has 0 aromatic carbocycles. The minimum atomic E-state index is 0.271. The molecule has 0 aliphatic heterocycles. The topological polar surface area (TPSA) is 52.1 Å². The predicted molar refractivity (Wildman–Crippen MR) is 46.1 cm³/mol. The third kappa shape index (κ3) is 1.47. The van der Waals surface area contributed by atoms with Gasteiger partial charge in [0.2, 0.25) is 0 Å². The summed E-state index contributed by atoms with van der Waals surface area (Å²) in [6, 6.07) is 3.58. The lowest BCUT2D eigenvalue weighted by Crippen LogP contribution is -1.88. The van der Waals surface area contributed by atoms with Crippen LogP contribution in [0.2, 0.25) is 0 Å². The monoisotopic (exact) mass is 178 g/mol. The molecule has 0 radical (unpaired) electrons. The Hall–Kier alpha value is -1.58. The first-order chi connectivity index (χ1) is 6.27. The van der Waals surface area contributed by atoms with E-state index in [2.05, 4.69) is 10.1 Å². The van der Waals surface area contributed by atoms with Crippen LogP contribution in [0, 0.1) is 0 Å². The van der Waals surface area contributed by atoms with Gasteiger partial charge in [-0.05, 0) is 12.1 Å². The van der Waals surface area contributed by atoms with E-state index < -0.39 is 0 Å². The normalized spacial score (nSPS) is 11.0. The van der Waals surface area contributed by atoms with Crippen LogP contribution in [0.1, 0.15) is 25.6 Å². The van der Waals surface area contributed by atoms with Crippen molar-refractivity contribution in [2.45, 2.75) is 19.8 Å². The second-order valence-electron chi connectivity index (χ2n) is 3.09. The van der Waals surface area contributed by atoms with E-state index in [1.165, 1.54) is 0 Å². The smallest absolute Gasteiger partial charge is 0.293 e. The zero-order valence-electron chi connectivity index (χ0n) is 7.52.